The van der Waals surface area contributed by atoms with E-state index in [-0.39, 0.29) is 24.5 Å². The minimum atomic E-state index is -1.11. The van der Waals surface area contributed by atoms with Gasteiger partial charge in [0.05, 0.1) is 0 Å². The van der Waals surface area contributed by atoms with Crippen LogP contribution < -0.4 is 5.32 Å². The molecule has 1 aliphatic rings. The van der Waals surface area contributed by atoms with E-state index in [1.807, 2.05) is 13.8 Å². The number of carbonyl (C=O) groups excluding carboxylic acids is 2. The van der Waals surface area contributed by atoms with Gasteiger partial charge in [-0.25, -0.2) is 0 Å². The minimum Gasteiger partial charge on any atom is -0.334 e. The van der Waals surface area contributed by atoms with Gasteiger partial charge >= 0.3 is 0 Å². The lowest BCUT2D eigenvalue weighted by atomic mass is 10.1. The molecule has 0 saturated carbocycles. The van der Waals surface area contributed by atoms with Gasteiger partial charge in [-0.1, -0.05) is 37.0 Å². The maximum atomic E-state index is 11.5. The zero-order chi connectivity index (χ0) is 10.9. The summed E-state index contributed by atoms with van der Waals surface area (Å²) < 4.78 is 0. The first kappa shape index (κ1) is 11.6. The fraction of sp³-hybridized carbons (Fsp3) is 0.750. The molecule has 1 N–H and O–H groups in total. The molecule has 80 valence electrons. The smallest absolute Gasteiger partial charge is 0.257 e. The second-order valence-electron chi connectivity index (χ2n) is 3.52. The number of hydrogen-bond acceptors (Lipinski definition) is 2. The van der Waals surface area contributed by atoms with E-state index in [0.29, 0.717) is 0 Å². The molecule has 14 heavy (non-hydrogen) atoms. The number of amides is 2. The van der Waals surface area contributed by atoms with Crippen LogP contribution in [0.3, 0.4) is 0 Å². The fourth-order valence-corrected chi connectivity index (χ4v) is 1.66. The summed E-state index contributed by atoms with van der Waals surface area (Å²) in [6.07, 6.45) is -0.296. The SMILES string of the molecule is CC(C)C1NC(=O)CN1C(=O)C(Cl)Cl. The number of hydrogen-bond donors (Lipinski definition) is 1. The zero-order valence-electron chi connectivity index (χ0n) is 7.96. The van der Waals surface area contributed by atoms with Crippen LogP contribution in [0.2, 0.25) is 0 Å². The highest BCUT2D eigenvalue weighted by atomic mass is 35.5. The van der Waals surface area contributed by atoms with Crippen molar-refractivity contribution in [2.75, 3.05) is 6.54 Å². The lowest BCUT2D eigenvalue weighted by molar-refractivity contribution is -0.132. The van der Waals surface area contributed by atoms with E-state index in [4.69, 9.17) is 23.2 Å². The number of nitrogens with zero attached hydrogens (tertiary/aromatic N) is 1. The number of halogens is 2. The first-order chi connectivity index (χ1) is 6.43. The van der Waals surface area contributed by atoms with Crippen molar-refractivity contribution in [3.8, 4) is 0 Å². The van der Waals surface area contributed by atoms with Gasteiger partial charge in [-0.2, -0.15) is 0 Å². The van der Waals surface area contributed by atoms with Crippen molar-refractivity contribution in [1.82, 2.24) is 10.2 Å². The van der Waals surface area contributed by atoms with Crippen molar-refractivity contribution in [3.05, 3.63) is 0 Å². The first-order valence-electron chi connectivity index (χ1n) is 4.31. The second kappa shape index (κ2) is 4.36. The van der Waals surface area contributed by atoms with Crippen LogP contribution in [0.1, 0.15) is 13.8 Å². The average molecular weight is 239 g/mol. The van der Waals surface area contributed by atoms with Crippen LogP contribution in [0, 0.1) is 5.92 Å². The molecule has 6 heteroatoms. The summed E-state index contributed by atoms with van der Waals surface area (Å²) in [6, 6.07) is 0. The molecule has 1 unspecified atom stereocenters. The van der Waals surface area contributed by atoms with Crippen LogP contribution in [0.15, 0.2) is 0 Å². The Labute approximate surface area is 92.5 Å². The Morgan fingerprint density at radius 1 is 1.57 bits per heavy atom. The molecule has 4 nitrogen and oxygen atoms in total. The van der Waals surface area contributed by atoms with Crippen LogP contribution >= 0.6 is 23.2 Å². The number of rotatable bonds is 2. The lowest BCUT2D eigenvalue weighted by Gasteiger charge is -2.26. The van der Waals surface area contributed by atoms with Gasteiger partial charge in [0.15, 0.2) is 4.84 Å². The molecule has 1 aliphatic heterocycles. The molecule has 0 aromatic heterocycles. The van der Waals surface area contributed by atoms with Gasteiger partial charge in [-0.05, 0) is 5.92 Å². The van der Waals surface area contributed by atoms with E-state index in [1.165, 1.54) is 4.90 Å². The molecule has 1 heterocycles. The zero-order valence-corrected chi connectivity index (χ0v) is 9.47. The van der Waals surface area contributed by atoms with Crippen molar-refractivity contribution in [1.29, 1.82) is 0 Å². The highest BCUT2D eigenvalue weighted by molar-refractivity contribution is 6.53. The minimum absolute atomic E-state index is 0.0393. The standard InChI is InChI=1S/C8H12Cl2N2O2/c1-4(2)7-11-5(13)3-12(7)8(14)6(9)10/h4,6-7H,3H2,1-2H3,(H,11,13). The second-order valence-corrected chi connectivity index (χ2v) is 4.62. The molecule has 1 fully saturated rings. The summed E-state index contributed by atoms with van der Waals surface area (Å²) in [4.78, 5) is 22.8. The molecule has 0 radical (unpaired) electrons. The molecule has 0 aromatic rings. The van der Waals surface area contributed by atoms with Gasteiger partial charge < -0.3 is 10.2 Å². The van der Waals surface area contributed by atoms with Crippen LogP contribution in [-0.2, 0) is 9.59 Å². The average Bonchev–Trinajstić information content (AvgIpc) is 2.45. The topological polar surface area (TPSA) is 49.4 Å². The number of carbonyl (C=O) groups is 2. The third-order valence-corrected chi connectivity index (χ3v) is 2.43. The third kappa shape index (κ3) is 2.30. The number of nitrogens with one attached hydrogen (secondary N) is 1. The highest BCUT2D eigenvalue weighted by Gasteiger charge is 2.36. The summed E-state index contributed by atoms with van der Waals surface area (Å²) in [7, 11) is 0. The molecular formula is C8H12Cl2N2O2. The van der Waals surface area contributed by atoms with Crippen LogP contribution in [0.4, 0.5) is 0 Å². The van der Waals surface area contributed by atoms with Gasteiger partial charge in [0.1, 0.15) is 12.7 Å². The van der Waals surface area contributed by atoms with E-state index in [0.717, 1.165) is 0 Å². The summed E-state index contributed by atoms with van der Waals surface area (Å²) in [5.74, 6) is -0.464. The Morgan fingerprint density at radius 2 is 2.14 bits per heavy atom. The summed E-state index contributed by atoms with van der Waals surface area (Å²) >= 11 is 10.9. The Hall–Kier alpha value is -0.480. The quantitative estimate of drug-likeness (QED) is 0.722. The van der Waals surface area contributed by atoms with Gasteiger partial charge in [-0.15, -0.1) is 0 Å². The van der Waals surface area contributed by atoms with Crippen LogP contribution in [0.5, 0.6) is 0 Å². The Balaban J connectivity index is 2.76. The van der Waals surface area contributed by atoms with E-state index >= 15 is 0 Å². The maximum absolute atomic E-state index is 11.5. The predicted molar refractivity (Wildman–Crippen MR) is 54.0 cm³/mol. The lowest BCUT2D eigenvalue weighted by Crippen LogP contribution is -2.45. The third-order valence-electron chi connectivity index (χ3n) is 2.06. The summed E-state index contributed by atoms with van der Waals surface area (Å²) in [5.41, 5.74) is 0. The van der Waals surface area contributed by atoms with Crippen molar-refractivity contribution in [2.24, 2.45) is 5.92 Å². The predicted octanol–water partition coefficient (Wildman–Crippen LogP) is 0.731. The van der Waals surface area contributed by atoms with Crippen molar-refractivity contribution >= 4 is 35.0 Å². The van der Waals surface area contributed by atoms with E-state index < -0.39 is 10.7 Å². The van der Waals surface area contributed by atoms with E-state index in [1.54, 1.807) is 0 Å². The van der Waals surface area contributed by atoms with Gasteiger partial charge in [0, 0.05) is 0 Å². The van der Waals surface area contributed by atoms with Crippen molar-refractivity contribution in [3.63, 3.8) is 0 Å². The largest absolute Gasteiger partial charge is 0.334 e. The van der Waals surface area contributed by atoms with Crippen LogP contribution in [-0.4, -0.2) is 34.3 Å². The normalized spacial score (nSPS) is 22.0. The molecule has 0 aliphatic carbocycles. The first-order valence-corrected chi connectivity index (χ1v) is 5.18. The monoisotopic (exact) mass is 238 g/mol. The van der Waals surface area contributed by atoms with Crippen molar-refractivity contribution < 1.29 is 9.59 Å². The van der Waals surface area contributed by atoms with Crippen molar-refractivity contribution in [2.45, 2.75) is 24.8 Å². The molecule has 0 bridgehead atoms. The highest BCUT2D eigenvalue weighted by Crippen LogP contribution is 2.17. The molecule has 2 amide bonds. The Morgan fingerprint density at radius 3 is 2.57 bits per heavy atom. The van der Waals surface area contributed by atoms with Gasteiger partial charge in [-0.3, -0.25) is 9.59 Å². The molecule has 0 aromatic carbocycles. The maximum Gasteiger partial charge on any atom is 0.257 e. The number of alkyl halides is 2. The Kier molecular flexibility index (Phi) is 3.61. The molecule has 1 saturated heterocycles. The molecule has 1 atom stereocenters. The summed E-state index contributed by atoms with van der Waals surface area (Å²) in [5, 5.41) is 2.69. The fourth-order valence-electron chi connectivity index (χ4n) is 1.41. The van der Waals surface area contributed by atoms with Gasteiger partial charge in [0.2, 0.25) is 5.91 Å². The summed E-state index contributed by atoms with van der Waals surface area (Å²) in [6.45, 7) is 3.86. The molecule has 1 rings (SSSR count). The molecule has 0 spiro atoms. The Bertz CT molecular complexity index is 256. The van der Waals surface area contributed by atoms with Gasteiger partial charge in [0.25, 0.3) is 5.91 Å². The van der Waals surface area contributed by atoms with E-state index in [2.05, 4.69) is 5.32 Å². The molecular weight excluding hydrogens is 227 g/mol. The van der Waals surface area contributed by atoms with Crippen LogP contribution in [0.25, 0.3) is 0 Å². The van der Waals surface area contributed by atoms with E-state index in [9.17, 15) is 9.59 Å².